The fourth-order valence-corrected chi connectivity index (χ4v) is 2.94. The minimum atomic E-state index is -0.105. The van der Waals surface area contributed by atoms with Crippen LogP contribution in [0, 0.1) is 6.92 Å². The molecule has 1 fully saturated rings. The first-order chi connectivity index (χ1) is 9.61. The molecule has 0 bridgehead atoms. The molecule has 1 heterocycles. The van der Waals surface area contributed by atoms with Crippen LogP contribution >= 0.6 is 11.8 Å². The van der Waals surface area contributed by atoms with E-state index in [1.807, 2.05) is 19.3 Å². The van der Waals surface area contributed by atoms with E-state index in [0.29, 0.717) is 6.04 Å². The van der Waals surface area contributed by atoms with Gasteiger partial charge in [0.15, 0.2) is 5.16 Å². The van der Waals surface area contributed by atoms with E-state index in [-0.39, 0.29) is 12.1 Å². The van der Waals surface area contributed by atoms with Crippen molar-refractivity contribution in [1.82, 2.24) is 15.3 Å². The van der Waals surface area contributed by atoms with Crippen LogP contribution in [-0.4, -0.2) is 39.0 Å². The van der Waals surface area contributed by atoms with Crippen LogP contribution in [0.1, 0.15) is 44.6 Å². The standard InChI is InChI=1S/C15H25N3OS/c1-12-9-16-14(17-10-12)20-8-4-3-7-15(2,11-19)18-13-5-6-13/h9-10,13,18-19H,3-8,11H2,1-2H3. The first-order valence-corrected chi connectivity index (χ1v) is 8.40. The zero-order chi connectivity index (χ0) is 14.4. The first-order valence-electron chi connectivity index (χ1n) is 7.41. The number of hydrogen-bond acceptors (Lipinski definition) is 5. The van der Waals surface area contributed by atoms with Crippen LogP contribution in [0.15, 0.2) is 17.6 Å². The molecular formula is C15H25N3OS. The van der Waals surface area contributed by atoms with Gasteiger partial charge in [0.1, 0.15) is 0 Å². The molecule has 1 aliphatic carbocycles. The predicted octanol–water partition coefficient (Wildman–Crippen LogP) is 2.55. The highest BCUT2D eigenvalue weighted by atomic mass is 32.2. The minimum absolute atomic E-state index is 0.105. The predicted molar refractivity (Wildman–Crippen MR) is 83.0 cm³/mol. The molecular weight excluding hydrogens is 270 g/mol. The smallest absolute Gasteiger partial charge is 0.187 e. The Kier molecular flexibility index (Phi) is 5.81. The Balaban J connectivity index is 1.61. The maximum Gasteiger partial charge on any atom is 0.187 e. The van der Waals surface area contributed by atoms with Crippen molar-refractivity contribution in [3.05, 3.63) is 18.0 Å². The van der Waals surface area contributed by atoms with Crippen molar-refractivity contribution in [2.75, 3.05) is 12.4 Å². The SMILES string of the molecule is Cc1cnc(SCCCCC(C)(CO)NC2CC2)nc1. The Bertz CT molecular complexity index is 408. The van der Waals surface area contributed by atoms with Crippen molar-refractivity contribution in [1.29, 1.82) is 0 Å². The van der Waals surface area contributed by atoms with Crippen LogP contribution in [-0.2, 0) is 0 Å². The second kappa shape index (κ2) is 7.38. The average molecular weight is 295 g/mol. The lowest BCUT2D eigenvalue weighted by Gasteiger charge is -2.29. The van der Waals surface area contributed by atoms with E-state index < -0.39 is 0 Å². The zero-order valence-electron chi connectivity index (χ0n) is 12.4. The third-order valence-corrected chi connectivity index (χ3v) is 4.55. The summed E-state index contributed by atoms with van der Waals surface area (Å²) in [5.41, 5.74) is 0.992. The highest BCUT2D eigenvalue weighted by molar-refractivity contribution is 7.99. The van der Waals surface area contributed by atoms with Crippen LogP contribution < -0.4 is 5.32 Å². The van der Waals surface area contributed by atoms with E-state index >= 15 is 0 Å². The van der Waals surface area contributed by atoms with E-state index in [0.717, 1.165) is 35.7 Å². The van der Waals surface area contributed by atoms with Crippen LogP contribution in [0.2, 0.25) is 0 Å². The number of unbranched alkanes of at least 4 members (excludes halogenated alkanes) is 1. The van der Waals surface area contributed by atoms with E-state index in [4.69, 9.17) is 0 Å². The Morgan fingerprint density at radius 2 is 2.05 bits per heavy atom. The second-order valence-electron chi connectivity index (χ2n) is 5.99. The minimum Gasteiger partial charge on any atom is -0.394 e. The van der Waals surface area contributed by atoms with Gasteiger partial charge >= 0.3 is 0 Å². The molecule has 112 valence electrons. The fourth-order valence-electron chi connectivity index (χ4n) is 2.15. The topological polar surface area (TPSA) is 58.0 Å². The van der Waals surface area contributed by atoms with Gasteiger partial charge in [0.2, 0.25) is 0 Å². The lowest BCUT2D eigenvalue weighted by Crippen LogP contribution is -2.46. The molecule has 1 unspecified atom stereocenters. The van der Waals surface area contributed by atoms with Gasteiger partial charge in [-0.2, -0.15) is 0 Å². The van der Waals surface area contributed by atoms with Crippen molar-refractivity contribution in [2.45, 2.75) is 62.7 Å². The van der Waals surface area contributed by atoms with Crippen LogP contribution in [0.5, 0.6) is 0 Å². The molecule has 0 aliphatic heterocycles. The number of aliphatic hydroxyl groups excluding tert-OH is 1. The van der Waals surface area contributed by atoms with Crippen LogP contribution in [0.3, 0.4) is 0 Å². The molecule has 0 amide bonds. The van der Waals surface area contributed by atoms with Gasteiger partial charge in [0.05, 0.1) is 6.61 Å². The Morgan fingerprint density at radius 1 is 1.35 bits per heavy atom. The van der Waals surface area contributed by atoms with Gasteiger partial charge in [0.25, 0.3) is 0 Å². The van der Waals surface area contributed by atoms with E-state index in [1.54, 1.807) is 11.8 Å². The Labute approximate surface area is 125 Å². The summed E-state index contributed by atoms with van der Waals surface area (Å²) >= 11 is 1.71. The molecule has 1 aromatic rings. The third-order valence-electron chi connectivity index (χ3n) is 3.59. The van der Waals surface area contributed by atoms with E-state index in [2.05, 4.69) is 22.2 Å². The number of thioether (sulfide) groups is 1. The van der Waals surface area contributed by atoms with Gasteiger partial charge in [-0.3, -0.25) is 0 Å². The molecule has 0 spiro atoms. The van der Waals surface area contributed by atoms with Gasteiger partial charge in [-0.25, -0.2) is 9.97 Å². The Morgan fingerprint density at radius 3 is 2.65 bits per heavy atom. The molecule has 1 saturated carbocycles. The summed E-state index contributed by atoms with van der Waals surface area (Å²) in [5.74, 6) is 1.04. The molecule has 1 atom stereocenters. The largest absolute Gasteiger partial charge is 0.394 e. The van der Waals surface area contributed by atoms with Crippen molar-refractivity contribution >= 4 is 11.8 Å². The maximum atomic E-state index is 9.53. The van der Waals surface area contributed by atoms with Gasteiger partial charge in [-0.15, -0.1) is 0 Å². The average Bonchev–Trinajstić information content (AvgIpc) is 3.24. The molecule has 20 heavy (non-hydrogen) atoms. The summed E-state index contributed by atoms with van der Waals surface area (Å²) in [7, 11) is 0. The number of aryl methyl sites for hydroxylation is 1. The van der Waals surface area contributed by atoms with E-state index in [9.17, 15) is 5.11 Å². The lowest BCUT2D eigenvalue weighted by atomic mass is 9.96. The summed E-state index contributed by atoms with van der Waals surface area (Å²) in [6, 6.07) is 0.641. The summed E-state index contributed by atoms with van der Waals surface area (Å²) in [4.78, 5) is 8.58. The quantitative estimate of drug-likeness (QED) is 0.416. The number of aromatic nitrogens is 2. The molecule has 2 N–H and O–H groups in total. The Hall–Kier alpha value is -0.650. The third kappa shape index (κ3) is 5.38. The fraction of sp³-hybridized carbons (Fsp3) is 0.733. The van der Waals surface area contributed by atoms with Crippen LogP contribution in [0.25, 0.3) is 0 Å². The monoisotopic (exact) mass is 295 g/mol. The van der Waals surface area contributed by atoms with Gasteiger partial charge in [0, 0.05) is 29.7 Å². The van der Waals surface area contributed by atoms with Crippen molar-refractivity contribution in [2.24, 2.45) is 0 Å². The number of hydrogen-bond donors (Lipinski definition) is 2. The summed E-state index contributed by atoms with van der Waals surface area (Å²) in [5, 5.41) is 13.9. The van der Waals surface area contributed by atoms with Gasteiger partial charge in [-0.1, -0.05) is 18.2 Å². The molecule has 0 saturated heterocycles. The first kappa shape index (κ1) is 15.7. The van der Waals surface area contributed by atoms with Gasteiger partial charge in [-0.05, 0) is 45.1 Å². The number of nitrogens with zero attached hydrogens (tertiary/aromatic N) is 2. The maximum absolute atomic E-state index is 9.53. The highest BCUT2D eigenvalue weighted by Crippen LogP contribution is 2.25. The normalized spacial score (nSPS) is 17.9. The molecule has 0 aromatic carbocycles. The second-order valence-corrected chi connectivity index (χ2v) is 7.05. The molecule has 1 aromatic heterocycles. The number of nitrogens with one attached hydrogen (secondary N) is 1. The van der Waals surface area contributed by atoms with Crippen molar-refractivity contribution in [3.63, 3.8) is 0 Å². The van der Waals surface area contributed by atoms with E-state index in [1.165, 1.54) is 12.8 Å². The summed E-state index contributed by atoms with van der Waals surface area (Å²) in [6.45, 7) is 4.34. The highest BCUT2D eigenvalue weighted by Gasteiger charge is 2.31. The summed E-state index contributed by atoms with van der Waals surface area (Å²) in [6.07, 6.45) is 9.51. The molecule has 5 heteroatoms. The molecule has 0 radical (unpaired) electrons. The molecule has 1 aliphatic rings. The summed E-state index contributed by atoms with van der Waals surface area (Å²) < 4.78 is 0. The molecule has 2 rings (SSSR count). The van der Waals surface area contributed by atoms with Crippen LogP contribution in [0.4, 0.5) is 0 Å². The zero-order valence-corrected chi connectivity index (χ0v) is 13.2. The number of rotatable bonds is 9. The van der Waals surface area contributed by atoms with Crippen molar-refractivity contribution < 1.29 is 5.11 Å². The van der Waals surface area contributed by atoms with Crippen molar-refractivity contribution in [3.8, 4) is 0 Å². The van der Waals surface area contributed by atoms with Gasteiger partial charge < -0.3 is 10.4 Å². The lowest BCUT2D eigenvalue weighted by molar-refractivity contribution is 0.161. The molecule has 4 nitrogen and oxygen atoms in total. The number of aliphatic hydroxyl groups is 1.